The Labute approximate surface area is 119 Å². The fourth-order valence-electron chi connectivity index (χ4n) is 2.26. The Balaban J connectivity index is 2.16. The van der Waals surface area contributed by atoms with Crippen molar-refractivity contribution in [2.75, 3.05) is 6.54 Å². The number of thiophene rings is 1. The van der Waals surface area contributed by atoms with Crippen LogP contribution in [0.3, 0.4) is 0 Å². The van der Waals surface area contributed by atoms with Crippen molar-refractivity contribution in [3.8, 4) is 5.75 Å². The Hall–Kier alpha value is -1.32. The summed E-state index contributed by atoms with van der Waals surface area (Å²) in [6.07, 6.45) is 2.03. The van der Waals surface area contributed by atoms with Crippen LogP contribution < -0.4 is 5.32 Å². The van der Waals surface area contributed by atoms with Crippen LogP contribution in [0.1, 0.15) is 36.1 Å². The van der Waals surface area contributed by atoms with Crippen molar-refractivity contribution in [3.05, 3.63) is 51.7 Å². The number of aryl methyl sites for hydroxylation is 1. The van der Waals surface area contributed by atoms with Crippen LogP contribution in [0.4, 0.5) is 0 Å². The van der Waals surface area contributed by atoms with Crippen LogP contribution in [-0.2, 0) is 6.42 Å². The molecule has 1 heterocycles. The highest BCUT2D eigenvalue weighted by Gasteiger charge is 2.14. The van der Waals surface area contributed by atoms with Gasteiger partial charge in [-0.25, -0.2) is 0 Å². The van der Waals surface area contributed by atoms with Crippen molar-refractivity contribution < 1.29 is 5.11 Å². The maximum Gasteiger partial charge on any atom is 0.115 e. The zero-order chi connectivity index (χ0) is 13.7. The van der Waals surface area contributed by atoms with Gasteiger partial charge in [-0.2, -0.15) is 11.3 Å². The predicted octanol–water partition coefficient (Wildman–Crippen LogP) is 4.05. The maximum absolute atomic E-state index is 9.57. The summed E-state index contributed by atoms with van der Waals surface area (Å²) in [5.41, 5.74) is 3.89. The number of rotatable bonds is 6. The second-order valence-electron chi connectivity index (χ2n) is 4.89. The van der Waals surface area contributed by atoms with Crippen LogP contribution in [0.5, 0.6) is 5.75 Å². The zero-order valence-electron chi connectivity index (χ0n) is 11.5. The van der Waals surface area contributed by atoms with Crippen molar-refractivity contribution >= 4 is 11.3 Å². The molecule has 0 aliphatic heterocycles. The van der Waals surface area contributed by atoms with Gasteiger partial charge in [0.25, 0.3) is 0 Å². The van der Waals surface area contributed by atoms with Gasteiger partial charge in [0.05, 0.1) is 0 Å². The summed E-state index contributed by atoms with van der Waals surface area (Å²) in [4.78, 5) is 0. The van der Waals surface area contributed by atoms with Crippen molar-refractivity contribution in [1.29, 1.82) is 0 Å². The Morgan fingerprint density at radius 1 is 1.32 bits per heavy atom. The van der Waals surface area contributed by atoms with Crippen molar-refractivity contribution in [1.82, 2.24) is 5.32 Å². The van der Waals surface area contributed by atoms with Gasteiger partial charge in [-0.3, -0.25) is 0 Å². The molecule has 19 heavy (non-hydrogen) atoms. The number of aromatic hydroxyl groups is 1. The van der Waals surface area contributed by atoms with E-state index in [9.17, 15) is 5.11 Å². The van der Waals surface area contributed by atoms with Gasteiger partial charge in [-0.1, -0.05) is 19.1 Å². The van der Waals surface area contributed by atoms with E-state index in [-0.39, 0.29) is 0 Å². The molecule has 0 fully saturated rings. The largest absolute Gasteiger partial charge is 0.508 e. The third kappa shape index (κ3) is 3.82. The Kier molecular flexibility index (Phi) is 5.00. The first-order valence-electron chi connectivity index (χ1n) is 6.74. The molecule has 0 saturated heterocycles. The van der Waals surface area contributed by atoms with Crippen molar-refractivity contribution in [2.24, 2.45) is 0 Å². The number of nitrogens with one attached hydrogen (secondary N) is 1. The Bertz CT molecular complexity index is 521. The number of hydrogen-bond acceptors (Lipinski definition) is 3. The highest BCUT2D eigenvalue weighted by Crippen LogP contribution is 2.26. The van der Waals surface area contributed by atoms with E-state index in [2.05, 4.69) is 36.0 Å². The SMILES string of the molecule is CCCNC(Cc1cccc(O)c1)c1cscc1C. The van der Waals surface area contributed by atoms with E-state index in [4.69, 9.17) is 0 Å². The smallest absolute Gasteiger partial charge is 0.115 e. The van der Waals surface area contributed by atoms with Gasteiger partial charge >= 0.3 is 0 Å². The van der Waals surface area contributed by atoms with Crippen LogP contribution in [-0.4, -0.2) is 11.7 Å². The second kappa shape index (κ2) is 6.73. The monoisotopic (exact) mass is 275 g/mol. The molecule has 1 aromatic heterocycles. The van der Waals surface area contributed by atoms with E-state index in [1.165, 1.54) is 16.7 Å². The minimum Gasteiger partial charge on any atom is -0.508 e. The molecular weight excluding hydrogens is 254 g/mol. The molecular formula is C16H21NOS. The van der Waals surface area contributed by atoms with E-state index in [0.717, 1.165) is 19.4 Å². The molecule has 0 radical (unpaired) electrons. The molecule has 0 bridgehead atoms. The fraction of sp³-hybridized carbons (Fsp3) is 0.375. The van der Waals surface area contributed by atoms with Gasteiger partial charge in [0.15, 0.2) is 0 Å². The van der Waals surface area contributed by atoms with E-state index in [1.54, 1.807) is 17.4 Å². The maximum atomic E-state index is 9.57. The normalized spacial score (nSPS) is 12.5. The third-order valence-corrected chi connectivity index (χ3v) is 4.14. The van der Waals surface area contributed by atoms with Crippen LogP contribution in [0.2, 0.25) is 0 Å². The molecule has 0 spiro atoms. The van der Waals surface area contributed by atoms with Gasteiger partial charge in [-0.15, -0.1) is 0 Å². The molecule has 2 nitrogen and oxygen atoms in total. The minimum atomic E-state index is 0.327. The van der Waals surface area contributed by atoms with E-state index >= 15 is 0 Å². The topological polar surface area (TPSA) is 32.3 Å². The molecule has 102 valence electrons. The molecule has 0 amide bonds. The van der Waals surface area contributed by atoms with Crippen molar-refractivity contribution in [3.63, 3.8) is 0 Å². The minimum absolute atomic E-state index is 0.327. The number of phenolic OH excluding ortho intramolecular Hbond substituents is 1. The number of hydrogen-bond donors (Lipinski definition) is 2. The molecule has 0 aliphatic carbocycles. The van der Waals surface area contributed by atoms with Gasteiger partial charge in [0.2, 0.25) is 0 Å². The van der Waals surface area contributed by atoms with Gasteiger partial charge in [-0.05, 0) is 65.9 Å². The van der Waals surface area contributed by atoms with Crippen molar-refractivity contribution in [2.45, 2.75) is 32.7 Å². The molecule has 1 aromatic carbocycles. The number of benzene rings is 1. The fourth-order valence-corrected chi connectivity index (χ4v) is 3.16. The lowest BCUT2D eigenvalue weighted by molar-refractivity contribution is 0.472. The van der Waals surface area contributed by atoms with Crippen LogP contribution in [0.15, 0.2) is 35.0 Å². The molecule has 1 atom stereocenters. The summed E-state index contributed by atoms with van der Waals surface area (Å²) in [6, 6.07) is 7.87. The quantitative estimate of drug-likeness (QED) is 0.833. The highest BCUT2D eigenvalue weighted by atomic mass is 32.1. The second-order valence-corrected chi connectivity index (χ2v) is 5.63. The van der Waals surface area contributed by atoms with Gasteiger partial charge < -0.3 is 10.4 Å². The molecule has 2 N–H and O–H groups in total. The summed E-state index contributed by atoms with van der Waals surface area (Å²) in [6.45, 7) is 5.35. The summed E-state index contributed by atoms with van der Waals surface area (Å²) < 4.78 is 0. The van der Waals surface area contributed by atoms with Gasteiger partial charge in [0.1, 0.15) is 5.75 Å². The Morgan fingerprint density at radius 2 is 2.16 bits per heavy atom. The first-order valence-corrected chi connectivity index (χ1v) is 7.69. The molecule has 3 heteroatoms. The van der Waals surface area contributed by atoms with Crippen LogP contribution in [0, 0.1) is 6.92 Å². The average Bonchev–Trinajstić information content (AvgIpc) is 2.81. The molecule has 0 aliphatic rings. The summed E-state index contributed by atoms with van der Waals surface area (Å²) in [7, 11) is 0. The van der Waals surface area contributed by atoms with Crippen LogP contribution in [0.25, 0.3) is 0 Å². The van der Waals surface area contributed by atoms with E-state index < -0.39 is 0 Å². The highest BCUT2D eigenvalue weighted by molar-refractivity contribution is 7.08. The molecule has 0 saturated carbocycles. The lowest BCUT2D eigenvalue weighted by Crippen LogP contribution is -2.24. The van der Waals surface area contributed by atoms with E-state index in [0.29, 0.717) is 11.8 Å². The average molecular weight is 275 g/mol. The first kappa shape index (κ1) is 14.1. The lowest BCUT2D eigenvalue weighted by atomic mass is 9.98. The zero-order valence-corrected chi connectivity index (χ0v) is 12.3. The summed E-state index contributed by atoms with van der Waals surface area (Å²) >= 11 is 1.75. The summed E-state index contributed by atoms with van der Waals surface area (Å²) in [5, 5.41) is 17.6. The summed E-state index contributed by atoms with van der Waals surface area (Å²) in [5.74, 6) is 0.341. The molecule has 2 aromatic rings. The Morgan fingerprint density at radius 3 is 2.79 bits per heavy atom. The molecule has 2 rings (SSSR count). The lowest BCUT2D eigenvalue weighted by Gasteiger charge is -2.19. The van der Waals surface area contributed by atoms with Gasteiger partial charge in [0, 0.05) is 6.04 Å². The van der Waals surface area contributed by atoms with E-state index in [1.807, 2.05) is 12.1 Å². The number of phenols is 1. The predicted molar refractivity (Wildman–Crippen MR) is 81.9 cm³/mol. The first-order chi connectivity index (χ1) is 9.20. The van der Waals surface area contributed by atoms with Crippen LogP contribution >= 0.6 is 11.3 Å². The molecule has 1 unspecified atom stereocenters. The third-order valence-electron chi connectivity index (χ3n) is 3.26. The standard InChI is InChI=1S/C16H21NOS/c1-3-7-17-16(15-11-19-10-12(15)2)9-13-5-4-6-14(18)8-13/h4-6,8,10-11,16-18H,3,7,9H2,1-2H3.